The van der Waals surface area contributed by atoms with Crippen LogP contribution in [0.15, 0.2) is 85.1 Å². The molecule has 0 aromatic heterocycles. The number of hydrogen-bond donors (Lipinski definition) is 4. The Morgan fingerprint density at radius 1 is 0.593 bits per heavy atom. The van der Waals surface area contributed by atoms with E-state index < -0.39 is 71.2 Å². The van der Waals surface area contributed by atoms with Gasteiger partial charge in [-0.2, -0.15) is 8.42 Å². The molecule has 1 heterocycles. The van der Waals surface area contributed by atoms with Crippen LogP contribution in [0.1, 0.15) is 136 Å². The highest BCUT2D eigenvalue weighted by atomic mass is 32.2. The van der Waals surface area contributed by atoms with Crippen molar-refractivity contribution in [2.24, 2.45) is 0 Å². The largest absolute Gasteiger partial charge is 0.462 e. The minimum atomic E-state index is -4.61. The van der Waals surface area contributed by atoms with Gasteiger partial charge in [-0.05, 0) is 57.8 Å². The van der Waals surface area contributed by atoms with Gasteiger partial charge >= 0.3 is 11.9 Å². The van der Waals surface area contributed by atoms with E-state index >= 15 is 0 Å². The summed E-state index contributed by atoms with van der Waals surface area (Å²) in [6, 6.07) is 0. The molecule has 0 aromatic carbocycles. The third kappa shape index (κ3) is 30.5. The van der Waals surface area contributed by atoms with Crippen molar-refractivity contribution >= 4 is 22.1 Å². The normalized spacial score (nSPS) is 21.1. The van der Waals surface area contributed by atoms with Crippen molar-refractivity contribution in [3.05, 3.63) is 85.1 Å². The van der Waals surface area contributed by atoms with Gasteiger partial charge in [0, 0.05) is 12.8 Å². The van der Waals surface area contributed by atoms with E-state index in [1.807, 2.05) is 48.6 Å². The van der Waals surface area contributed by atoms with Crippen LogP contribution in [0.5, 0.6) is 0 Å². The fraction of sp³-hybridized carbons (Fsp3) is 0.652. The van der Waals surface area contributed by atoms with Gasteiger partial charge in [-0.1, -0.05) is 150 Å². The lowest BCUT2D eigenvalue weighted by atomic mass is 10.00. The molecule has 12 nitrogen and oxygen atoms in total. The molecule has 3 unspecified atom stereocenters. The minimum absolute atomic E-state index is 0.130. The summed E-state index contributed by atoms with van der Waals surface area (Å²) in [7, 11) is -4.61. The first-order valence-electron chi connectivity index (χ1n) is 21.7. The predicted molar refractivity (Wildman–Crippen MR) is 233 cm³/mol. The summed E-state index contributed by atoms with van der Waals surface area (Å²) in [4.78, 5) is 25.4. The molecular weight excluding hydrogens is 777 g/mol. The van der Waals surface area contributed by atoms with Crippen molar-refractivity contribution in [2.45, 2.75) is 173 Å². The Balaban J connectivity index is 2.50. The fourth-order valence-corrected chi connectivity index (χ4v) is 6.67. The first kappa shape index (κ1) is 53.8. The lowest BCUT2D eigenvalue weighted by Crippen LogP contribution is -2.60. The van der Waals surface area contributed by atoms with Crippen molar-refractivity contribution in [1.29, 1.82) is 0 Å². The number of hydrogen-bond acceptors (Lipinski definition) is 11. The summed E-state index contributed by atoms with van der Waals surface area (Å²) >= 11 is 0. The van der Waals surface area contributed by atoms with Gasteiger partial charge in [-0.15, -0.1) is 0 Å². The van der Waals surface area contributed by atoms with Crippen LogP contribution in [0.25, 0.3) is 0 Å². The van der Waals surface area contributed by atoms with E-state index in [1.54, 1.807) is 0 Å². The summed E-state index contributed by atoms with van der Waals surface area (Å²) < 4.78 is 53.9. The van der Waals surface area contributed by atoms with E-state index in [9.17, 15) is 37.9 Å². The summed E-state index contributed by atoms with van der Waals surface area (Å²) in [5, 5.41) is 30.8. The second-order valence-electron chi connectivity index (χ2n) is 14.8. The molecule has 1 fully saturated rings. The second-order valence-corrected chi connectivity index (χ2v) is 16.3. The molecule has 1 saturated heterocycles. The van der Waals surface area contributed by atoms with Gasteiger partial charge < -0.3 is 34.3 Å². The Morgan fingerprint density at radius 3 is 1.59 bits per heavy atom. The number of aliphatic hydroxyl groups is 3. The van der Waals surface area contributed by atoms with Crippen LogP contribution in [0.3, 0.4) is 0 Å². The maximum atomic E-state index is 12.8. The number of unbranched alkanes of at least 4 members (excludes halogenated alkanes) is 13. The third-order valence-electron chi connectivity index (χ3n) is 9.36. The molecule has 0 aliphatic carbocycles. The summed E-state index contributed by atoms with van der Waals surface area (Å²) in [5.41, 5.74) is 0. The van der Waals surface area contributed by atoms with Gasteiger partial charge in [0.15, 0.2) is 12.4 Å². The average molecular weight is 851 g/mol. The van der Waals surface area contributed by atoms with Crippen molar-refractivity contribution in [2.75, 3.05) is 19.0 Å². The first-order chi connectivity index (χ1) is 28.5. The smallest absolute Gasteiger partial charge is 0.306 e. The molecule has 13 heteroatoms. The van der Waals surface area contributed by atoms with Gasteiger partial charge in [0.05, 0.1) is 6.61 Å². The molecule has 0 radical (unpaired) electrons. The van der Waals surface area contributed by atoms with E-state index in [0.29, 0.717) is 12.8 Å². The molecule has 0 amide bonds. The maximum Gasteiger partial charge on any atom is 0.306 e. The van der Waals surface area contributed by atoms with E-state index in [-0.39, 0.29) is 19.4 Å². The second kappa shape index (κ2) is 35.6. The van der Waals surface area contributed by atoms with E-state index in [2.05, 4.69) is 50.3 Å². The number of ether oxygens (including phenoxy) is 4. The Morgan fingerprint density at radius 2 is 1.07 bits per heavy atom. The lowest BCUT2D eigenvalue weighted by Gasteiger charge is -2.40. The highest BCUT2D eigenvalue weighted by Crippen LogP contribution is 2.24. The average Bonchev–Trinajstić information content (AvgIpc) is 3.20. The van der Waals surface area contributed by atoms with Crippen LogP contribution in [-0.2, 0) is 38.7 Å². The van der Waals surface area contributed by atoms with Crippen molar-refractivity contribution in [3.63, 3.8) is 0 Å². The zero-order valence-electron chi connectivity index (χ0n) is 35.6. The number of carbonyl (C=O) groups excluding carboxylic acids is 2. The van der Waals surface area contributed by atoms with Crippen LogP contribution in [0.2, 0.25) is 0 Å². The number of allylic oxidation sites excluding steroid dienone is 14. The number of carbonyl (C=O) groups is 2. The molecule has 336 valence electrons. The molecule has 0 spiro atoms. The van der Waals surface area contributed by atoms with Crippen LogP contribution >= 0.6 is 0 Å². The molecule has 1 aliphatic heterocycles. The minimum Gasteiger partial charge on any atom is -0.462 e. The molecule has 0 saturated carbocycles. The molecule has 59 heavy (non-hydrogen) atoms. The molecule has 0 bridgehead atoms. The number of rotatable bonds is 34. The van der Waals surface area contributed by atoms with Crippen LogP contribution < -0.4 is 0 Å². The predicted octanol–water partition coefficient (Wildman–Crippen LogP) is 8.50. The van der Waals surface area contributed by atoms with Gasteiger partial charge in [0.1, 0.15) is 36.8 Å². The van der Waals surface area contributed by atoms with Crippen LogP contribution in [0.4, 0.5) is 0 Å². The Bertz CT molecular complexity index is 1410. The van der Waals surface area contributed by atoms with E-state index in [0.717, 1.165) is 77.0 Å². The highest BCUT2D eigenvalue weighted by molar-refractivity contribution is 7.85. The Kier molecular flexibility index (Phi) is 32.5. The quantitative estimate of drug-likeness (QED) is 0.0210. The molecule has 0 aromatic rings. The number of aliphatic hydroxyl groups excluding tert-OH is 3. The lowest BCUT2D eigenvalue weighted by molar-refractivity contribution is -0.297. The zero-order valence-corrected chi connectivity index (χ0v) is 36.4. The van der Waals surface area contributed by atoms with E-state index in [4.69, 9.17) is 18.9 Å². The zero-order chi connectivity index (χ0) is 43.4. The summed E-state index contributed by atoms with van der Waals surface area (Å²) in [5.74, 6) is -2.06. The number of esters is 2. The van der Waals surface area contributed by atoms with Crippen LogP contribution in [0, 0.1) is 0 Å². The van der Waals surface area contributed by atoms with Crippen molar-refractivity contribution in [3.8, 4) is 0 Å². The maximum absolute atomic E-state index is 12.8. The molecule has 1 aliphatic rings. The summed E-state index contributed by atoms with van der Waals surface area (Å²) in [6.45, 7) is 3.52. The standard InChI is InChI=1S/C46H74O12S/c1-3-5-7-9-11-13-15-17-18-19-20-21-23-24-26-28-30-32-34-41(47)55-36-39(37-56-46-45(51)44(50)43(49)40(58-46)38-59(52,53)54)57-42(48)35-33-31-29-27-25-22-16-14-12-10-8-6-4-2/h6,8,10-21,39-40,43-46,49-51H,3-5,7,9,22-38H2,1-2H3,(H,52,53,54)/b8-6+,12-10+,13-11+,16-14+,17-15+,19-18+,21-20+/t39?,40-,43-,44?,45?,46+/m1/s1. The fourth-order valence-electron chi connectivity index (χ4n) is 5.98. The Hall–Kier alpha value is -3.17. The summed E-state index contributed by atoms with van der Waals surface area (Å²) in [6.07, 6.45) is 36.3. The van der Waals surface area contributed by atoms with Crippen molar-refractivity contribution < 1.29 is 56.8 Å². The highest BCUT2D eigenvalue weighted by Gasteiger charge is 2.46. The topological polar surface area (TPSA) is 186 Å². The SMILES string of the molecule is CC/C=C/C=C/C=C/CCCCCCCC(=O)OC(COC(=O)CCCCCCC/C=C/C=C/C=C/C=C/CCCCC)CO[C@H]1O[C@H](CS(=O)(=O)O)[C@@H](O)C(O)C1O. The molecule has 1 rings (SSSR count). The van der Waals surface area contributed by atoms with Gasteiger partial charge in [-0.25, -0.2) is 0 Å². The van der Waals surface area contributed by atoms with Crippen LogP contribution in [-0.4, -0.2) is 96.0 Å². The van der Waals surface area contributed by atoms with Gasteiger partial charge in [0.25, 0.3) is 10.1 Å². The van der Waals surface area contributed by atoms with E-state index in [1.165, 1.54) is 19.3 Å². The van der Waals surface area contributed by atoms with Gasteiger partial charge in [0.2, 0.25) is 0 Å². The Labute approximate surface area is 354 Å². The molecule has 6 atom stereocenters. The van der Waals surface area contributed by atoms with Gasteiger partial charge in [-0.3, -0.25) is 14.1 Å². The van der Waals surface area contributed by atoms with Crippen molar-refractivity contribution in [1.82, 2.24) is 0 Å². The third-order valence-corrected chi connectivity index (χ3v) is 10.1. The first-order valence-corrected chi connectivity index (χ1v) is 23.3. The molecular formula is C46H74O12S. The molecule has 4 N–H and O–H groups in total. The monoisotopic (exact) mass is 850 g/mol.